The van der Waals surface area contributed by atoms with Crippen LogP contribution in [0.2, 0.25) is 0 Å². The van der Waals surface area contributed by atoms with Crippen molar-refractivity contribution in [3.8, 4) is 39.1 Å². The summed E-state index contributed by atoms with van der Waals surface area (Å²) in [6.07, 6.45) is 0. The first kappa shape index (κ1) is 38.5. The van der Waals surface area contributed by atoms with Crippen LogP contribution >= 0.6 is 0 Å². The third-order valence-electron chi connectivity index (χ3n) is 16.4. The minimum atomic E-state index is -0.259. The predicted molar refractivity (Wildman–Crippen MR) is 280 cm³/mol. The summed E-state index contributed by atoms with van der Waals surface area (Å²) >= 11 is 0. The lowest BCUT2D eigenvalue weighted by Crippen LogP contribution is -2.60. The van der Waals surface area contributed by atoms with Crippen molar-refractivity contribution in [2.45, 2.75) is 90.9 Å². The van der Waals surface area contributed by atoms with E-state index in [1.54, 1.807) is 0 Å². The second kappa shape index (κ2) is 12.2. The van der Waals surface area contributed by atoms with Gasteiger partial charge < -0.3 is 13.8 Å². The normalized spacial score (nSPS) is 15.9. The molecular formula is C62H53BN2O. The molecule has 0 unspecified atom stereocenters. The highest BCUT2D eigenvalue weighted by atomic mass is 16.3. The van der Waals surface area contributed by atoms with Crippen molar-refractivity contribution in [3.05, 3.63) is 173 Å². The maximum Gasteiger partial charge on any atom is 0.333 e. The number of hydrogen-bond acceptors (Lipinski definition) is 2. The maximum atomic E-state index is 6.85. The van der Waals surface area contributed by atoms with Crippen molar-refractivity contribution >= 4 is 72.9 Å². The van der Waals surface area contributed by atoms with E-state index in [1.807, 2.05) is 0 Å². The van der Waals surface area contributed by atoms with E-state index in [0.717, 1.165) is 21.9 Å². The summed E-state index contributed by atoms with van der Waals surface area (Å²) in [5.74, 6) is 0. The SMILES string of the molecule is CC(C)(C)c1ccc(N2B3c4cc5oc6ccccc6c5cc4-n4c5ccc(C(C)(C)C)cc5c5c6c(c(c3c54)-c3cc4c(cc32)-c2ccccc2C4(C)C)-c2ccccc2C6(C)C)cc1. The molecule has 320 valence electrons. The van der Waals surface area contributed by atoms with E-state index in [2.05, 4.69) is 218 Å². The summed E-state index contributed by atoms with van der Waals surface area (Å²) in [5, 5.41) is 5.02. The van der Waals surface area contributed by atoms with Crippen molar-refractivity contribution in [3.63, 3.8) is 0 Å². The van der Waals surface area contributed by atoms with Crippen LogP contribution in [0.3, 0.4) is 0 Å². The fourth-order valence-electron chi connectivity index (χ4n) is 13.1. The zero-order valence-electron chi connectivity index (χ0n) is 39.7. The Labute approximate surface area is 387 Å². The number of fused-ring (bicyclic) bond motifs is 19. The highest BCUT2D eigenvalue weighted by molar-refractivity contribution is 6.94. The molecule has 0 N–H and O–H groups in total. The van der Waals surface area contributed by atoms with Crippen LogP contribution in [0, 0.1) is 0 Å². The first-order valence-electron chi connectivity index (χ1n) is 24.0. The highest BCUT2D eigenvalue weighted by Crippen LogP contribution is 2.61. The Morgan fingerprint density at radius 3 is 1.91 bits per heavy atom. The molecule has 0 atom stereocenters. The van der Waals surface area contributed by atoms with Gasteiger partial charge in [0.05, 0.1) is 11.0 Å². The largest absolute Gasteiger partial charge is 0.456 e. The molecule has 0 amide bonds. The first-order chi connectivity index (χ1) is 31.5. The van der Waals surface area contributed by atoms with Crippen LogP contribution < -0.4 is 15.7 Å². The van der Waals surface area contributed by atoms with Gasteiger partial charge in [-0.15, -0.1) is 0 Å². The zero-order chi connectivity index (χ0) is 45.1. The van der Waals surface area contributed by atoms with E-state index in [9.17, 15) is 0 Å². The quantitative estimate of drug-likeness (QED) is 0.153. The molecule has 10 aromatic rings. The summed E-state index contributed by atoms with van der Waals surface area (Å²) < 4.78 is 9.52. The molecule has 2 aliphatic carbocycles. The van der Waals surface area contributed by atoms with Gasteiger partial charge in [-0.05, 0) is 138 Å². The van der Waals surface area contributed by atoms with Gasteiger partial charge in [0.2, 0.25) is 0 Å². The van der Waals surface area contributed by atoms with Gasteiger partial charge in [0, 0.05) is 55.0 Å². The van der Waals surface area contributed by atoms with E-state index < -0.39 is 0 Å². The molecule has 0 spiro atoms. The third-order valence-corrected chi connectivity index (χ3v) is 16.4. The molecule has 2 aliphatic heterocycles. The zero-order valence-corrected chi connectivity index (χ0v) is 39.7. The molecule has 66 heavy (non-hydrogen) atoms. The Hall–Kier alpha value is -6.78. The molecule has 4 aliphatic rings. The summed E-state index contributed by atoms with van der Waals surface area (Å²) in [7, 11) is 0. The fraction of sp³-hybridized carbons (Fsp3) is 0.226. The van der Waals surface area contributed by atoms with Gasteiger partial charge >= 0.3 is 6.85 Å². The number of para-hydroxylation sites is 1. The number of hydrogen-bond donors (Lipinski definition) is 0. The van der Waals surface area contributed by atoms with Gasteiger partial charge in [0.1, 0.15) is 11.2 Å². The first-order valence-corrected chi connectivity index (χ1v) is 24.0. The highest BCUT2D eigenvalue weighted by Gasteiger charge is 2.51. The molecule has 0 saturated carbocycles. The van der Waals surface area contributed by atoms with Gasteiger partial charge in [-0.2, -0.15) is 0 Å². The van der Waals surface area contributed by atoms with Crippen LogP contribution in [0.5, 0.6) is 0 Å². The van der Waals surface area contributed by atoms with E-state index in [1.165, 1.54) is 117 Å². The molecule has 0 saturated heterocycles. The second-order valence-corrected chi connectivity index (χ2v) is 22.9. The molecule has 4 heterocycles. The monoisotopic (exact) mass is 852 g/mol. The average molecular weight is 853 g/mol. The standard InChI is InChI=1S/C62H53BN2O/c1-59(2,3)34-23-26-36(27-24-34)65-49-31-40-37-17-11-14-20-44(37)61(7,8)46(40)30-43(49)54-53-39-19-12-15-21-45(39)62(9,10)56(53)55-42-29-35(60(4,5)6)25-28-48(42)64-50-32-41-38-18-13-16-22-51(38)66-52(41)33-47(50)63(65)57(54)58(55)64/h11-33H,1-10H3. The summed E-state index contributed by atoms with van der Waals surface area (Å²) in [4.78, 5) is 2.71. The lowest BCUT2D eigenvalue weighted by molar-refractivity contribution is 0.590. The molecule has 2 aromatic heterocycles. The third kappa shape index (κ3) is 4.65. The Kier molecular flexibility index (Phi) is 7.09. The summed E-state index contributed by atoms with van der Waals surface area (Å²) in [6, 6.07) is 53.9. The summed E-state index contributed by atoms with van der Waals surface area (Å²) in [6.45, 7) is 23.6. The Morgan fingerprint density at radius 2 is 1.17 bits per heavy atom. The predicted octanol–water partition coefficient (Wildman–Crippen LogP) is 15.1. The smallest absolute Gasteiger partial charge is 0.333 e. The molecule has 0 bridgehead atoms. The van der Waals surface area contributed by atoms with Gasteiger partial charge in [-0.25, -0.2) is 0 Å². The van der Waals surface area contributed by atoms with Crippen molar-refractivity contribution in [1.29, 1.82) is 0 Å². The van der Waals surface area contributed by atoms with Crippen LogP contribution in [0.25, 0.3) is 82.8 Å². The Balaban J connectivity index is 1.24. The van der Waals surface area contributed by atoms with Crippen molar-refractivity contribution in [2.24, 2.45) is 0 Å². The molecule has 3 nitrogen and oxygen atoms in total. The molecule has 8 aromatic carbocycles. The van der Waals surface area contributed by atoms with Gasteiger partial charge in [0.15, 0.2) is 0 Å². The minimum absolute atomic E-state index is 0.0190. The van der Waals surface area contributed by atoms with Gasteiger partial charge in [-0.1, -0.05) is 154 Å². The number of furan rings is 1. The Bertz CT molecular complexity index is 3840. The molecular weight excluding hydrogens is 800 g/mol. The number of rotatable bonds is 1. The molecule has 0 radical (unpaired) electrons. The minimum Gasteiger partial charge on any atom is -0.456 e. The van der Waals surface area contributed by atoms with Crippen LogP contribution in [-0.2, 0) is 21.7 Å². The molecule has 0 fully saturated rings. The molecule has 14 rings (SSSR count). The van der Waals surface area contributed by atoms with E-state index in [4.69, 9.17) is 4.42 Å². The number of benzene rings is 8. The maximum absolute atomic E-state index is 6.85. The van der Waals surface area contributed by atoms with Crippen molar-refractivity contribution in [2.75, 3.05) is 4.81 Å². The topological polar surface area (TPSA) is 21.3 Å². The Morgan fingerprint density at radius 1 is 0.500 bits per heavy atom. The van der Waals surface area contributed by atoms with E-state index >= 15 is 0 Å². The summed E-state index contributed by atoms with van der Waals surface area (Å²) in [5.41, 5.74) is 26.7. The van der Waals surface area contributed by atoms with Crippen molar-refractivity contribution < 1.29 is 4.42 Å². The van der Waals surface area contributed by atoms with E-state index in [0.29, 0.717) is 0 Å². The lowest BCUT2D eigenvalue weighted by atomic mass is 9.43. The number of anilines is 2. The van der Waals surface area contributed by atoms with Crippen LogP contribution in [0.15, 0.2) is 144 Å². The van der Waals surface area contributed by atoms with Crippen LogP contribution in [0.1, 0.15) is 103 Å². The van der Waals surface area contributed by atoms with Crippen LogP contribution in [-0.4, -0.2) is 11.4 Å². The fourth-order valence-corrected chi connectivity index (χ4v) is 13.1. The number of aromatic nitrogens is 1. The van der Waals surface area contributed by atoms with Gasteiger partial charge in [0.25, 0.3) is 0 Å². The van der Waals surface area contributed by atoms with Crippen LogP contribution in [0.4, 0.5) is 11.4 Å². The van der Waals surface area contributed by atoms with Gasteiger partial charge in [-0.3, -0.25) is 0 Å². The average Bonchev–Trinajstić information content (AvgIpc) is 3.97. The second-order valence-electron chi connectivity index (χ2n) is 22.9. The molecule has 4 heteroatoms. The van der Waals surface area contributed by atoms with Crippen molar-refractivity contribution in [1.82, 2.24) is 4.57 Å². The van der Waals surface area contributed by atoms with E-state index in [-0.39, 0.29) is 28.5 Å². The lowest BCUT2D eigenvalue weighted by Gasteiger charge is -2.43. The number of nitrogens with zero attached hydrogens (tertiary/aromatic N) is 2.